The number of thioether (sulfide) groups is 1. The number of hydrogen-bond acceptors (Lipinski definition) is 5. The highest BCUT2D eigenvalue weighted by atomic mass is 35.5. The lowest BCUT2D eigenvalue weighted by molar-refractivity contribution is -0.143. The summed E-state index contributed by atoms with van der Waals surface area (Å²) in [7, 11) is 0. The van der Waals surface area contributed by atoms with E-state index in [4.69, 9.17) is 16.3 Å². The molecule has 2 atom stereocenters. The molecule has 2 heterocycles. The zero-order valence-electron chi connectivity index (χ0n) is 14.4. The predicted octanol–water partition coefficient (Wildman–Crippen LogP) is 3.94. The first-order valence-corrected chi connectivity index (χ1v) is 9.31. The molecule has 132 valence electrons. The first-order valence-electron chi connectivity index (χ1n) is 8.05. The Hall–Kier alpha value is -1.79. The molecule has 1 fully saturated rings. The Bertz CT molecular complexity index is 786. The van der Waals surface area contributed by atoms with Crippen molar-refractivity contribution in [1.29, 1.82) is 0 Å². The van der Waals surface area contributed by atoms with Crippen molar-refractivity contribution in [2.75, 3.05) is 0 Å². The Morgan fingerprint density at radius 3 is 2.56 bits per heavy atom. The van der Waals surface area contributed by atoms with Gasteiger partial charge < -0.3 is 4.74 Å². The summed E-state index contributed by atoms with van der Waals surface area (Å²) in [6.45, 7) is 7.20. The van der Waals surface area contributed by atoms with Crippen molar-refractivity contribution in [3.8, 4) is 0 Å². The van der Waals surface area contributed by atoms with Crippen LogP contribution in [-0.2, 0) is 14.3 Å². The molecule has 1 aromatic carbocycles. The van der Waals surface area contributed by atoms with E-state index in [9.17, 15) is 9.59 Å². The second kappa shape index (κ2) is 6.84. The Kier molecular flexibility index (Phi) is 4.93. The van der Waals surface area contributed by atoms with Gasteiger partial charge in [-0.2, -0.15) is 0 Å². The predicted molar refractivity (Wildman–Crippen MR) is 99.5 cm³/mol. The third-order valence-electron chi connectivity index (χ3n) is 4.01. The van der Waals surface area contributed by atoms with Crippen LogP contribution in [0.15, 0.2) is 40.5 Å². The van der Waals surface area contributed by atoms with E-state index < -0.39 is 12.0 Å². The highest BCUT2D eigenvalue weighted by Crippen LogP contribution is 2.43. The molecule has 0 spiro atoms. The van der Waals surface area contributed by atoms with Crippen LogP contribution in [0.4, 0.5) is 0 Å². The first-order chi connectivity index (χ1) is 11.8. The summed E-state index contributed by atoms with van der Waals surface area (Å²) in [5, 5.41) is 0.980. The van der Waals surface area contributed by atoms with Gasteiger partial charge in [0.1, 0.15) is 0 Å². The lowest BCUT2D eigenvalue weighted by Crippen LogP contribution is -2.40. The van der Waals surface area contributed by atoms with Crippen LogP contribution in [0.25, 0.3) is 0 Å². The summed E-state index contributed by atoms with van der Waals surface area (Å²) in [4.78, 5) is 31.5. The van der Waals surface area contributed by atoms with Crippen molar-refractivity contribution in [2.24, 2.45) is 4.99 Å². The second-order valence-electron chi connectivity index (χ2n) is 6.27. The second-order valence-corrected chi connectivity index (χ2v) is 8.01. The molecule has 0 saturated carbocycles. The first kappa shape index (κ1) is 18.0. The fraction of sp³-hybridized carbons (Fsp3) is 0.389. The molecule has 3 rings (SSSR count). The number of rotatable bonds is 3. The number of hydrogen-bond donors (Lipinski definition) is 0. The van der Waals surface area contributed by atoms with Gasteiger partial charge in [0, 0.05) is 5.02 Å². The van der Waals surface area contributed by atoms with Gasteiger partial charge in [0.15, 0.2) is 5.17 Å². The van der Waals surface area contributed by atoms with Crippen molar-refractivity contribution in [3.63, 3.8) is 0 Å². The van der Waals surface area contributed by atoms with Gasteiger partial charge in [-0.1, -0.05) is 35.5 Å². The van der Waals surface area contributed by atoms with E-state index in [2.05, 4.69) is 4.99 Å². The van der Waals surface area contributed by atoms with Crippen LogP contribution < -0.4 is 0 Å². The largest absolute Gasteiger partial charge is 0.459 e. The van der Waals surface area contributed by atoms with Gasteiger partial charge >= 0.3 is 5.97 Å². The number of carbonyl (C=O) groups is 2. The number of carbonyl (C=O) groups excluding carboxylic acids is 2. The van der Waals surface area contributed by atoms with Gasteiger partial charge in [-0.3, -0.25) is 9.69 Å². The molecule has 2 aliphatic rings. The number of esters is 1. The summed E-state index contributed by atoms with van der Waals surface area (Å²) < 4.78 is 5.41. The number of nitrogens with zero attached hydrogens (tertiary/aromatic N) is 2. The number of ether oxygens (including phenoxy) is 1. The summed E-state index contributed by atoms with van der Waals surface area (Å²) in [5.41, 5.74) is 1.77. The molecule has 5 nitrogen and oxygen atoms in total. The molecule has 0 aliphatic carbocycles. The lowest BCUT2D eigenvalue weighted by atomic mass is 9.94. The number of aliphatic imine (C=N–C) groups is 1. The molecule has 0 aromatic heterocycles. The van der Waals surface area contributed by atoms with Crippen LogP contribution in [0.5, 0.6) is 0 Å². The Morgan fingerprint density at radius 1 is 1.32 bits per heavy atom. The molecule has 2 aliphatic heterocycles. The van der Waals surface area contributed by atoms with Crippen molar-refractivity contribution < 1.29 is 14.3 Å². The Morgan fingerprint density at radius 2 is 1.96 bits per heavy atom. The standard InChI is InChI=1S/C18H19ClN2O3S/c1-9(2)24-17(23)14-10(3)20-18-21(16(22)11(4)25-18)15(14)12-5-7-13(19)8-6-12/h5-9,11,15H,1-4H3/t11-,15+/m0/s1. The van der Waals surface area contributed by atoms with E-state index in [1.807, 2.05) is 19.1 Å². The molecule has 0 N–H and O–H groups in total. The number of amides is 1. The minimum Gasteiger partial charge on any atom is -0.459 e. The van der Waals surface area contributed by atoms with Crippen molar-refractivity contribution in [2.45, 2.75) is 45.1 Å². The zero-order valence-corrected chi connectivity index (χ0v) is 16.0. The number of fused-ring (bicyclic) bond motifs is 1. The highest BCUT2D eigenvalue weighted by Gasteiger charge is 2.46. The van der Waals surface area contributed by atoms with Gasteiger partial charge in [-0.15, -0.1) is 0 Å². The third kappa shape index (κ3) is 3.33. The molecule has 1 saturated heterocycles. The Labute approximate surface area is 156 Å². The van der Waals surface area contributed by atoms with Crippen LogP contribution in [0.1, 0.15) is 39.3 Å². The molecule has 7 heteroatoms. The van der Waals surface area contributed by atoms with E-state index >= 15 is 0 Å². The number of benzene rings is 1. The van der Waals surface area contributed by atoms with Crippen LogP contribution in [0.3, 0.4) is 0 Å². The Balaban J connectivity index is 2.12. The van der Waals surface area contributed by atoms with E-state index in [1.54, 1.807) is 37.8 Å². The van der Waals surface area contributed by atoms with Gasteiger partial charge in [0.2, 0.25) is 5.91 Å². The van der Waals surface area contributed by atoms with Crippen molar-refractivity contribution in [1.82, 2.24) is 4.90 Å². The summed E-state index contributed by atoms with van der Waals surface area (Å²) >= 11 is 7.40. The zero-order chi connectivity index (χ0) is 18.3. The van der Waals surface area contributed by atoms with Gasteiger partial charge in [0.05, 0.1) is 28.7 Å². The average Bonchev–Trinajstić information content (AvgIpc) is 2.80. The van der Waals surface area contributed by atoms with Gasteiger partial charge in [0.25, 0.3) is 0 Å². The molecular weight excluding hydrogens is 360 g/mol. The molecule has 0 unspecified atom stereocenters. The van der Waals surface area contributed by atoms with E-state index in [0.717, 1.165) is 5.56 Å². The minimum absolute atomic E-state index is 0.0638. The average molecular weight is 379 g/mol. The number of allylic oxidation sites excluding steroid dienone is 1. The van der Waals surface area contributed by atoms with Crippen molar-refractivity contribution >= 4 is 40.4 Å². The SMILES string of the molecule is CC1=C(C(=O)OC(C)C)[C@@H](c2ccc(Cl)cc2)N2C(=O)[C@H](C)SC2=N1. The normalized spacial score (nSPS) is 23.0. The maximum absolute atomic E-state index is 12.7. The maximum atomic E-state index is 12.7. The molecule has 0 radical (unpaired) electrons. The van der Waals surface area contributed by atoms with E-state index in [1.165, 1.54) is 11.8 Å². The van der Waals surface area contributed by atoms with Crippen LogP contribution >= 0.6 is 23.4 Å². The van der Waals surface area contributed by atoms with Gasteiger partial charge in [-0.25, -0.2) is 9.79 Å². The van der Waals surface area contributed by atoms with Gasteiger partial charge in [-0.05, 0) is 45.4 Å². The van der Waals surface area contributed by atoms with Crippen molar-refractivity contribution in [3.05, 3.63) is 46.1 Å². The summed E-state index contributed by atoms with van der Waals surface area (Å²) in [6, 6.07) is 6.60. The highest BCUT2D eigenvalue weighted by molar-refractivity contribution is 8.15. The fourth-order valence-electron chi connectivity index (χ4n) is 2.90. The number of amidine groups is 1. The summed E-state index contributed by atoms with van der Waals surface area (Å²) in [6.07, 6.45) is -0.258. The monoisotopic (exact) mass is 378 g/mol. The molecule has 0 bridgehead atoms. The van der Waals surface area contributed by atoms with Crippen LogP contribution in [-0.4, -0.2) is 33.3 Å². The maximum Gasteiger partial charge on any atom is 0.338 e. The lowest BCUT2D eigenvalue weighted by Gasteiger charge is -2.33. The van der Waals surface area contributed by atoms with E-state index in [0.29, 0.717) is 21.5 Å². The quantitative estimate of drug-likeness (QED) is 0.747. The van der Waals surface area contributed by atoms with Crippen LogP contribution in [0, 0.1) is 0 Å². The smallest absolute Gasteiger partial charge is 0.338 e. The number of halogens is 1. The minimum atomic E-state index is -0.555. The molecule has 1 amide bonds. The molecule has 1 aromatic rings. The topological polar surface area (TPSA) is 59.0 Å². The molecule has 25 heavy (non-hydrogen) atoms. The molecular formula is C18H19ClN2O3S. The van der Waals surface area contributed by atoms with E-state index in [-0.39, 0.29) is 17.3 Å². The fourth-order valence-corrected chi connectivity index (χ4v) is 4.06. The third-order valence-corrected chi connectivity index (χ3v) is 5.31. The summed E-state index contributed by atoms with van der Waals surface area (Å²) in [5.74, 6) is -0.515. The van der Waals surface area contributed by atoms with Crippen LogP contribution in [0.2, 0.25) is 5.02 Å².